The fraction of sp³-hybridized carbons (Fsp3) is 0.450. The van der Waals surface area contributed by atoms with Gasteiger partial charge in [-0.2, -0.15) is 5.10 Å². The van der Waals surface area contributed by atoms with Crippen LogP contribution in [0.25, 0.3) is 0 Å². The number of aliphatic carboxylic acids is 1. The molecule has 6 nitrogen and oxygen atoms in total. The number of aromatic nitrogens is 2. The van der Waals surface area contributed by atoms with E-state index < -0.39 is 11.5 Å². The van der Waals surface area contributed by atoms with Gasteiger partial charge in [0.05, 0.1) is 5.69 Å². The third-order valence-corrected chi connectivity index (χ3v) is 5.12. The van der Waals surface area contributed by atoms with E-state index in [4.69, 9.17) is 0 Å². The van der Waals surface area contributed by atoms with Gasteiger partial charge in [-0.3, -0.25) is 9.48 Å². The van der Waals surface area contributed by atoms with Crippen LogP contribution in [0.15, 0.2) is 30.3 Å². The number of carbonyl (C=O) groups excluding carboxylic acids is 1. The molecule has 6 heteroatoms. The molecule has 0 radical (unpaired) electrons. The number of amides is 1. The maximum absolute atomic E-state index is 12.8. The van der Waals surface area contributed by atoms with Crippen molar-refractivity contribution in [2.75, 3.05) is 0 Å². The van der Waals surface area contributed by atoms with E-state index in [1.807, 2.05) is 33.9 Å². The van der Waals surface area contributed by atoms with E-state index in [2.05, 4.69) is 10.4 Å². The molecule has 2 rings (SSSR count). The first kappa shape index (κ1) is 19.7. The van der Waals surface area contributed by atoms with Crippen LogP contribution in [-0.2, 0) is 28.6 Å². The largest absolute Gasteiger partial charge is 0.479 e. The molecule has 1 heterocycles. The van der Waals surface area contributed by atoms with E-state index >= 15 is 0 Å². The van der Waals surface area contributed by atoms with Crippen LogP contribution in [0.1, 0.15) is 42.8 Å². The summed E-state index contributed by atoms with van der Waals surface area (Å²) < 4.78 is 1.80. The molecule has 140 valence electrons. The maximum Gasteiger partial charge on any atom is 0.334 e. The Labute approximate surface area is 154 Å². The quantitative estimate of drug-likeness (QED) is 0.798. The van der Waals surface area contributed by atoms with Crippen LogP contribution in [-0.4, -0.2) is 26.8 Å². The Hall–Kier alpha value is -2.63. The molecule has 0 aliphatic heterocycles. The van der Waals surface area contributed by atoms with Crippen LogP contribution >= 0.6 is 0 Å². The highest BCUT2D eigenvalue weighted by Gasteiger charge is 2.41. The Kier molecular flexibility index (Phi) is 5.85. The molecule has 2 aromatic rings. The number of carboxylic acids is 1. The van der Waals surface area contributed by atoms with Crippen LogP contribution in [0.2, 0.25) is 0 Å². The summed E-state index contributed by atoms with van der Waals surface area (Å²) in [6.45, 7) is 7.47. The van der Waals surface area contributed by atoms with Gasteiger partial charge in [-0.1, -0.05) is 44.2 Å². The fourth-order valence-electron chi connectivity index (χ4n) is 3.26. The van der Waals surface area contributed by atoms with E-state index in [1.165, 1.54) is 0 Å². The second-order valence-corrected chi connectivity index (χ2v) is 6.80. The molecule has 0 aliphatic rings. The summed E-state index contributed by atoms with van der Waals surface area (Å²) in [4.78, 5) is 24.9. The zero-order valence-corrected chi connectivity index (χ0v) is 16.0. The highest BCUT2D eigenvalue weighted by molar-refractivity contribution is 5.89. The van der Waals surface area contributed by atoms with Crippen molar-refractivity contribution in [3.63, 3.8) is 0 Å². The van der Waals surface area contributed by atoms with Crippen molar-refractivity contribution in [3.8, 4) is 0 Å². The molecular formula is C20H27N3O3. The van der Waals surface area contributed by atoms with Gasteiger partial charge in [0.15, 0.2) is 5.54 Å². The Bertz CT molecular complexity index is 798. The van der Waals surface area contributed by atoms with Gasteiger partial charge in [0.1, 0.15) is 0 Å². The van der Waals surface area contributed by atoms with E-state index in [0.717, 1.165) is 17.0 Å². The van der Waals surface area contributed by atoms with Gasteiger partial charge in [0.2, 0.25) is 5.91 Å². The smallest absolute Gasteiger partial charge is 0.334 e. The summed E-state index contributed by atoms with van der Waals surface area (Å²) in [6, 6.07) is 8.85. The molecule has 2 atom stereocenters. The van der Waals surface area contributed by atoms with Gasteiger partial charge < -0.3 is 10.4 Å². The predicted molar refractivity (Wildman–Crippen MR) is 99.7 cm³/mol. The van der Waals surface area contributed by atoms with Crippen LogP contribution in [0.3, 0.4) is 0 Å². The molecule has 1 amide bonds. The first-order valence-corrected chi connectivity index (χ1v) is 8.83. The lowest BCUT2D eigenvalue weighted by molar-refractivity contribution is -0.149. The van der Waals surface area contributed by atoms with Crippen LogP contribution in [0.5, 0.6) is 0 Å². The Morgan fingerprint density at radius 2 is 1.88 bits per heavy atom. The Morgan fingerprint density at radius 3 is 2.35 bits per heavy atom. The molecule has 0 spiro atoms. The van der Waals surface area contributed by atoms with Crippen LogP contribution in [0, 0.1) is 19.8 Å². The highest BCUT2D eigenvalue weighted by Crippen LogP contribution is 2.27. The first-order chi connectivity index (χ1) is 12.2. The van der Waals surface area contributed by atoms with Crippen molar-refractivity contribution in [3.05, 3.63) is 52.8 Å². The maximum atomic E-state index is 12.8. The summed E-state index contributed by atoms with van der Waals surface area (Å²) in [6.07, 6.45) is 0.779. The highest BCUT2D eigenvalue weighted by atomic mass is 16.4. The van der Waals surface area contributed by atoms with Gasteiger partial charge >= 0.3 is 5.97 Å². The second kappa shape index (κ2) is 7.72. The molecule has 1 aromatic heterocycles. The number of benzene rings is 1. The van der Waals surface area contributed by atoms with Gasteiger partial charge in [0.25, 0.3) is 0 Å². The van der Waals surface area contributed by atoms with Crippen molar-refractivity contribution in [2.24, 2.45) is 13.0 Å². The summed E-state index contributed by atoms with van der Waals surface area (Å²) >= 11 is 0. The summed E-state index contributed by atoms with van der Waals surface area (Å²) in [7, 11) is 1.87. The first-order valence-electron chi connectivity index (χ1n) is 8.83. The van der Waals surface area contributed by atoms with Crippen molar-refractivity contribution < 1.29 is 14.7 Å². The third kappa shape index (κ3) is 3.64. The molecule has 2 unspecified atom stereocenters. The number of carbonyl (C=O) groups is 2. The van der Waals surface area contributed by atoms with E-state index in [0.29, 0.717) is 12.0 Å². The summed E-state index contributed by atoms with van der Waals surface area (Å²) in [5.74, 6) is -1.70. The minimum atomic E-state index is -1.42. The van der Waals surface area contributed by atoms with Crippen LogP contribution < -0.4 is 5.32 Å². The number of hydrogen-bond acceptors (Lipinski definition) is 3. The molecule has 26 heavy (non-hydrogen) atoms. The lowest BCUT2D eigenvalue weighted by atomic mass is 9.86. The monoisotopic (exact) mass is 357 g/mol. The molecule has 1 aromatic carbocycles. The SMILES string of the molecule is CCC(NC(=O)C(C)Cc1c(C)nn(C)c1C)(C(=O)O)c1ccccc1. The molecule has 0 saturated carbocycles. The Morgan fingerprint density at radius 1 is 1.27 bits per heavy atom. The van der Waals surface area contributed by atoms with Gasteiger partial charge in [-0.15, -0.1) is 0 Å². The lowest BCUT2D eigenvalue weighted by Crippen LogP contribution is -2.53. The number of nitrogens with one attached hydrogen (secondary N) is 1. The van der Waals surface area contributed by atoms with Crippen molar-refractivity contribution in [2.45, 2.75) is 46.1 Å². The van der Waals surface area contributed by atoms with E-state index in [-0.39, 0.29) is 18.2 Å². The topological polar surface area (TPSA) is 84.2 Å². The minimum absolute atomic E-state index is 0.260. The Balaban J connectivity index is 2.25. The zero-order valence-electron chi connectivity index (χ0n) is 16.0. The predicted octanol–water partition coefficient (Wildman–Crippen LogP) is 2.72. The molecule has 2 N–H and O–H groups in total. The number of hydrogen-bond donors (Lipinski definition) is 2. The molecule has 0 bridgehead atoms. The average molecular weight is 357 g/mol. The van der Waals surface area contributed by atoms with Gasteiger partial charge in [-0.05, 0) is 37.8 Å². The summed E-state index contributed by atoms with van der Waals surface area (Å²) in [5, 5.41) is 17.0. The lowest BCUT2D eigenvalue weighted by Gasteiger charge is -2.31. The zero-order chi connectivity index (χ0) is 19.5. The van der Waals surface area contributed by atoms with Gasteiger partial charge in [0, 0.05) is 18.7 Å². The van der Waals surface area contributed by atoms with Crippen LogP contribution in [0.4, 0.5) is 0 Å². The van der Waals surface area contributed by atoms with Crippen molar-refractivity contribution >= 4 is 11.9 Å². The second-order valence-electron chi connectivity index (χ2n) is 6.80. The third-order valence-electron chi connectivity index (χ3n) is 5.12. The molecular weight excluding hydrogens is 330 g/mol. The average Bonchev–Trinajstić information content (AvgIpc) is 2.86. The minimum Gasteiger partial charge on any atom is -0.479 e. The number of nitrogens with zero attached hydrogens (tertiary/aromatic N) is 2. The molecule has 0 aliphatic carbocycles. The number of carboxylic acid groups (broad SMARTS) is 1. The normalized spacial score (nSPS) is 14.5. The fourth-order valence-corrected chi connectivity index (χ4v) is 3.26. The standard InChI is InChI=1S/C20H27N3O3/c1-6-20(19(25)26,16-10-8-7-9-11-16)21-18(24)13(2)12-17-14(3)22-23(5)15(17)4/h7-11,13H,6,12H2,1-5H3,(H,21,24)(H,25,26). The van der Waals surface area contributed by atoms with Crippen molar-refractivity contribution in [1.29, 1.82) is 0 Å². The number of aryl methyl sites for hydroxylation is 2. The van der Waals surface area contributed by atoms with Gasteiger partial charge in [-0.25, -0.2) is 4.79 Å². The molecule has 0 fully saturated rings. The van der Waals surface area contributed by atoms with Crippen molar-refractivity contribution in [1.82, 2.24) is 15.1 Å². The summed E-state index contributed by atoms with van der Waals surface area (Å²) in [5.41, 5.74) is 2.10. The van der Waals surface area contributed by atoms with E-state index in [9.17, 15) is 14.7 Å². The molecule has 0 saturated heterocycles. The number of rotatable bonds is 7. The van der Waals surface area contributed by atoms with E-state index in [1.54, 1.807) is 35.9 Å².